The Kier molecular flexibility index (Phi) is 6.27. The topological polar surface area (TPSA) is 81.3 Å². The Bertz CT molecular complexity index is 406. The van der Waals surface area contributed by atoms with Gasteiger partial charge in [0.25, 0.3) is 0 Å². The number of imidazole rings is 1. The van der Waals surface area contributed by atoms with Gasteiger partial charge < -0.3 is 14.5 Å². The van der Waals surface area contributed by atoms with Crippen molar-refractivity contribution in [2.24, 2.45) is 0 Å². The third-order valence-electron chi connectivity index (χ3n) is 1.84. The number of hydrogen-bond acceptors (Lipinski definition) is 6. The predicted octanol–water partition coefficient (Wildman–Crippen LogP) is 1.63. The van der Waals surface area contributed by atoms with Gasteiger partial charge in [0.1, 0.15) is 5.69 Å². The standard InChI is InChI=1S/C11H16N2O4S/c1-3-5-17-9(14)7-18-11-12-6-8(13-11)10(15)16-4-2/h6H,3-5,7H2,1-2H3,(H,12,13). The van der Waals surface area contributed by atoms with Crippen molar-refractivity contribution in [1.29, 1.82) is 0 Å². The number of aromatic amines is 1. The number of rotatable bonds is 7. The van der Waals surface area contributed by atoms with Gasteiger partial charge in [-0.05, 0) is 13.3 Å². The number of nitrogens with zero attached hydrogens (tertiary/aromatic N) is 1. The molecule has 1 aromatic heterocycles. The van der Waals surface area contributed by atoms with E-state index < -0.39 is 5.97 Å². The van der Waals surface area contributed by atoms with Crippen LogP contribution in [0.3, 0.4) is 0 Å². The highest BCUT2D eigenvalue weighted by Gasteiger charge is 2.12. The number of ether oxygens (including phenoxy) is 2. The second-order valence-electron chi connectivity index (χ2n) is 3.33. The first kappa shape index (κ1) is 14.6. The molecule has 7 heteroatoms. The molecule has 0 radical (unpaired) electrons. The first-order valence-corrected chi connectivity index (χ1v) is 6.66. The summed E-state index contributed by atoms with van der Waals surface area (Å²) in [5.41, 5.74) is 0.279. The van der Waals surface area contributed by atoms with E-state index in [4.69, 9.17) is 9.47 Å². The van der Waals surface area contributed by atoms with Crippen molar-refractivity contribution in [2.45, 2.75) is 25.4 Å². The number of carbonyl (C=O) groups is 2. The van der Waals surface area contributed by atoms with E-state index in [0.717, 1.165) is 6.42 Å². The second kappa shape index (κ2) is 7.75. The zero-order valence-electron chi connectivity index (χ0n) is 10.4. The number of nitrogens with one attached hydrogen (secondary N) is 1. The van der Waals surface area contributed by atoms with Gasteiger partial charge in [-0.3, -0.25) is 4.79 Å². The molecule has 0 fully saturated rings. The second-order valence-corrected chi connectivity index (χ2v) is 4.30. The van der Waals surface area contributed by atoms with Gasteiger partial charge in [-0.15, -0.1) is 0 Å². The fraction of sp³-hybridized carbons (Fsp3) is 0.545. The number of H-pyrrole nitrogens is 1. The van der Waals surface area contributed by atoms with Crippen molar-refractivity contribution in [3.63, 3.8) is 0 Å². The van der Waals surface area contributed by atoms with Gasteiger partial charge in [0.15, 0.2) is 5.16 Å². The molecule has 0 unspecified atom stereocenters. The number of esters is 2. The van der Waals surface area contributed by atoms with Crippen LogP contribution in [0.4, 0.5) is 0 Å². The van der Waals surface area contributed by atoms with Gasteiger partial charge in [-0.25, -0.2) is 9.78 Å². The van der Waals surface area contributed by atoms with Gasteiger partial charge in [-0.2, -0.15) is 0 Å². The van der Waals surface area contributed by atoms with Crippen LogP contribution in [-0.2, 0) is 14.3 Å². The van der Waals surface area contributed by atoms with Gasteiger partial charge in [0.05, 0.1) is 25.2 Å². The molecule has 0 spiro atoms. The predicted molar refractivity (Wildman–Crippen MR) is 66.5 cm³/mol. The molecule has 1 N–H and O–H groups in total. The molecule has 1 heterocycles. The summed E-state index contributed by atoms with van der Waals surface area (Å²) in [5, 5.41) is 0.492. The molecule has 0 aliphatic rings. The quantitative estimate of drug-likeness (QED) is 0.600. The molecule has 0 saturated carbocycles. The van der Waals surface area contributed by atoms with Crippen LogP contribution >= 0.6 is 11.8 Å². The summed E-state index contributed by atoms with van der Waals surface area (Å²) in [6.07, 6.45) is 2.18. The van der Waals surface area contributed by atoms with Crippen LogP contribution in [0.2, 0.25) is 0 Å². The van der Waals surface area contributed by atoms with E-state index in [1.807, 2.05) is 6.92 Å². The Morgan fingerprint density at radius 2 is 2.17 bits per heavy atom. The number of carbonyl (C=O) groups excluding carboxylic acids is 2. The molecule has 0 aliphatic heterocycles. The largest absolute Gasteiger partial charge is 0.465 e. The van der Waals surface area contributed by atoms with Crippen LogP contribution in [0.25, 0.3) is 0 Å². The molecule has 0 atom stereocenters. The van der Waals surface area contributed by atoms with Crippen molar-refractivity contribution < 1.29 is 19.1 Å². The Balaban J connectivity index is 2.39. The lowest BCUT2D eigenvalue weighted by Gasteiger charge is -2.01. The molecule has 0 amide bonds. The summed E-state index contributed by atoms with van der Waals surface area (Å²) in [6, 6.07) is 0. The minimum Gasteiger partial charge on any atom is -0.465 e. The SMILES string of the molecule is CCCOC(=O)CSc1ncc(C(=O)OCC)[nH]1. The maximum atomic E-state index is 11.3. The minimum atomic E-state index is -0.453. The van der Waals surface area contributed by atoms with Crippen molar-refractivity contribution in [2.75, 3.05) is 19.0 Å². The Morgan fingerprint density at radius 1 is 1.39 bits per heavy atom. The van der Waals surface area contributed by atoms with Gasteiger partial charge >= 0.3 is 11.9 Å². The van der Waals surface area contributed by atoms with Gasteiger partial charge in [0.2, 0.25) is 0 Å². The molecule has 6 nitrogen and oxygen atoms in total. The maximum absolute atomic E-state index is 11.3. The zero-order valence-corrected chi connectivity index (χ0v) is 11.2. The lowest BCUT2D eigenvalue weighted by atomic mass is 10.5. The Morgan fingerprint density at radius 3 is 2.83 bits per heavy atom. The van der Waals surface area contributed by atoms with Crippen molar-refractivity contribution in [3.05, 3.63) is 11.9 Å². The molecule has 0 aromatic carbocycles. The monoisotopic (exact) mass is 272 g/mol. The van der Waals surface area contributed by atoms with Gasteiger partial charge in [-0.1, -0.05) is 18.7 Å². The molecule has 1 aromatic rings. The van der Waals surface area contributed by atoms with E-state index in [0.29, 0.717) is 18.4 Å². The lowest BCUT2D eigenvalue weighted by Crippen LogP contribution is -2.08. The molecule has 1 rings (SSSR count). The fourth-order valence-corrected chi connectivity index (χ4v) is 1.72. The average molecular weight is 272 g/mol. The van der Waals surface area contributed by atoms with E-state index in [1.54, 1.807) is 6.92 Å². The lowest BCUT2D eigenvalue weighted by molar-refractivity contribution is -0.140. The third-order valence-corrected chi connectivity index (χ3v) is 2.70. The van der Waals surface area contributed by atoms with E-state index in [9.17, 15) is 9.59 Å². The zero-order chi connectivity index (χ0) is 13.4. The summed E-state index contributed by atoms with van der Waals surface area (Å²) in [6.45, 7) is 4.39. The van der Waals surface area contributed by atoms with Crippen molar-refractivity contribution in [3.8, 4) is 0 Å². The number of thioether (sulfide) groups is 1. The number of aromatic nitrogens is 2. The van der Waals surface area contributed by atoms with E-state index in [-0.39, 0.29) is 17.4 Å². The molecule has 18 heavy (non-hydrogen) atoms. The van der Waals surface area contributed by atoms with Crippen LogP contribution < -0.4 is 0 Å². The van der Waals surface area contributed by atoms with Crippen LogP contribution in [0.5, 0.6) is 0 Å². The molecule has 0 saturated heterocycles. The maximum Gasteiger partial charge on any atom is 0.356 e. The van der Waals surface area contributed by atoms with Crippen LogP contribution in [0, 0.1) is 0 Å². The summed E-state index contributed by atoms with van der Waals surface area (Å²) in [5.74, 6) is -0.586. The normalized spacial score (nSPS) is 10.1. The van der Waals surface area contributed by atoms with E-state index >= 15 is 0 Å². The summed E-state index contributed by atoms with van der Waals surface area (Å²) < 4.78 is 9.72. The highest BCUT2D eigenvalue weighted by Crippen LogP contribution is 2.14. The van der Waals surface area contributed by atoms with E-state index in [2.05, 4.69) is 9.97 Å². The first-order chi connectivity index (χ1) is 8.67. The average Bonchev–Trinajstić information content (AvgIpc) is 2.83. The molecular formula is C11H16N2O4S. The molecule has 0 bridgehead atoms. The van der Waals surface area contributed by atoms with Crippen LogP contribution in [0.15, 0.2) is 11.4 Å². The highest BCUT2D eigenvalue weighted by atomic mass is 32.2. The third kappa shape index (κ3) is 4.79. The molecule has 100 valence electrons. The molecule has 0 aliphatic carbocycles. The van der Waals surface area contributed by atoms with Crippen molar-refractivity contribution in [1.82, 2.24) is 9.97 Å². The smallest absolute Gasteiger partial charge is 0.356 e. The van der Waals surface area contributed by atoms with Crippen molar-refractivity contribution >= 4 is 23.7 Å². The number of hydrogen-bond donors (Lipinski definition) is 1. The van der Waals surface area contributed by atoms with E-state index in [1.165, 1.54) is 18.0 Å². The summed E-state index contributed by atoms with van der Waals surface area (Å²) >= 11 is 1.19. The summed E-state index contributed by atoms with van der Waals surface area (Å²) in [7, 11) is 0. The molecular weight excluding hydrogens is 256 g/mol. The first-order valence-electron chi connectivity index (χ1n) is 5.67. The highest BCUT2D eigenvalue weighted by molar-refractivity contribution is 7.99. The fourth-order valence-electron chi connectivity index (χ4n) is 1.07. The van der Waals surface area contributed by atoms with Crippen LogP contribution in [0.1, 0.15) is 30.8 Å². The van der Waals surface area contributed by atoms with Crippen LogP contribution in [-0.4, -0.2) is 40.9 Å². The summed E-state index contributed by atoms with van der Waals surface area (Å²) in [4.78, 5) is 29.3. The van der Waals surface area contributed by atoms with Gasteiger partial charge in [0, 0.05) is 0 Å². The minimum absolute atomic E-state index is 0.162. The Hall–Kier alpha value is -1.50. The Labute approximate surface area is 109 Å².